The molecule has 3 N–H and O–H groups in total. The lowest BCUT2D eigenvalue weighted by molar-refractivity contribution is 0.0860. The molecule has 176 valence electrons. The molecule has 3 aromatic heterocycles. The van der Waals surface area contributed by atoms with Crippen molar-refractivity contribution in [1.29, 1.82) is 0 Å². The predicted molar refractivity (Wildman–Crippen MR) is 137 cm³/mol. The molecule has 1 fully saturated rings. The van der Waals surface area contributed by atoms with Gasteiger partial charge in [-0.15, -0.1) is 23.7 Å². The zero-order chi connectivity index (χ0) is 22.8. The number of fused-ring (bicyclic) bond motifs is 1. The number of carbonyl (C=O) groups is 2. The molecule has 5 rings (SSSR count). The Kier molecular flexibility index (Phi) is 7.50. The van der Waals surface area contributed by atoms with E-state index in [0.29, 0.717) is 15.7 Å². The van der Waals surface area contributed by atoms with Crippen LogP contribution in [0.2, 0.25) is 5.02 Å². The van der Waals surface area contributed by atoms with Crippen molar-refractivity contribution in [2.24, 2.45) is 0 Å². The largest absolute Gasteiger partial charge is 0.351 e. The summed E-state index contributed by atoms with van der Waals surface area (Å²) in [6.45, 7) is 0. The molecule has 1 aliphatic rings. The number of carbonyl (C=O) groups excluding carboxylic acids is 2. The Morgan fingerprint density at radius 3 is 2.44 bits per heavy atom. The number of aromatic nitrogens is 3. The number of thiazole rings is 1. The van der Waals surface area contributed by atoms with Crippen molar-refractivity contribution >= 4 is 58.1 Å². The molecule has 2 amide bonds. The Morgan fingerprint density at radius 2 is 1.71 bits per heavy atom. The van der Waals surface area contributed by atoms with E-state index in [0.717, 1.165) is 47.0 Å². The molecule has 1 saturated carbocycles. The van der Waals surface area contributed by atoms with Crippen molar-refractivity contribution < 1.29 is 9.59 Å². The van der Waals surface area contributed by atoms with Crippen molar-refractivity contribution in [3.8, 4) is 10.4 Å². The summed E-state index contributed by atoms with van der Waals surface area (Å²) in [7, 11) is 0. The van der Waals surface area contributed by atoms with E-state index in [1.54, 1.807) is 30.7 Å². The van der Waals surface area contributed by atoms with Crippen LogP contribution in [-0.4, -0.2) is 38.8 Å². The molecular formula is C24H23Cl2N5O2S. The minimum absolute atomic E-state index is 0. The molecule has 0 bridgehead atoms. The van der Waals surface area contributed by atoms with E-state index < -0.39 is 0 Å². The number of H-pyrrole nitrogens is 1. The van der Waals surface area contributed by atoms with Gasteiger partial charge in [0.05, 0.1) is 4.88 Å². The third kappa shape index (κ3) is 5.24. The maximum absolute atomic E-state index is 12.9. The van der Waals surface area contributed by atoms with Gasteiger partial charge in [0.1, 0.15) is 5.69 Å². The topological polar surface area (TPSA) is 99.8 Å². The second-order valence-electron chi connectivity index (χ2n) is 8.12. The van der Waals surface area contributed by atoms with Gasteiger partial charge >= 0.3 is 0 Å². The van der Waals surface area contributed by atoms with Crippen LogP contribution in [0, 0.1) is 0 Å². The third-order valence-electron chi connectivity index (χ3n) is 5.89. The standard InChI is InChI=1S/C24H22ClN5O2S.ClH/c25-16-5-6-17-15(11-16)12-20(28-17)22(31)29-18-3-1-2-4-19(18)30-23(32)24-27-13-21(33-24)14-7-9-26-10-8-14;/h5-13,18-19,28H,1-4H2,(H,29,31)(H,30,32);1H/t18-,19-;/m0./s1. The molecule has 0 aliphatic heterocycles. The molecule has 1 aliphatic carbocycles. The van der Waals surface area contributed by atoms with Crippen molar-refractivity contribution in [1.82, 2.24) is 25.6 Å². The molecular weight excluding hydrogens is 493 g/mol. The molecule has 34 heavy (non-hydrogen) atoms. The Hall–Kier alpha value is -2.94. The summed E-state index contributed by atoms with van der Waals surface area (Å²) in [4.78, 5) is 38.2. The quantitative estimate of drug-likeness (QED) is 0.338. The van der Waals surface area contributed by atoms with Crippen molar-refractivity contribution in [2.75, 3.05) is 0 Å². The van der Waals surface area contributed by atoms with Gasteiger partial charge in [-0.1, -0.05) is 24.4 Å². The van der Waals surface area contributed by atoms with E-state index in [1.807, 2.05) is 24.3 Å². The molecule has 4 aromatic rings. The first-order valence-corrected chi connectivity index (χ1v) is 12.0. The predicted octanol–water partition coefficient (Wildman–Crippen LogP) is 5.23. The first-order chi connectivity index (χ1) is 16.1. The zero-order valence-electron chi connectivity index (χ0n) is 18.1. The highest BCUT2D eigenvalue weighted by molar-refractivity contribution is 7.16. The van der Waals surface area contributed by atoms with Crippen LogP contribution in [0.5, 0.6) is 0 Å². The first kappa shape index (κ1) is 24.2. The van der Waals surface area contributed by atoms with E-state index in [1.165, 1.54) is 11.3 Å². The number of rotatable bonds is 5. The normalized spacial score (nSPS) is 17.7. The number of nitrogens with one attached hydrogen (secondary N) is 3. The van der Waals surface area contributed by atoms with Crippen LogP contribution < -0.4 is 10.6 Å². The van der Waals surface area contributed by atoms with Crippen molar-refractivity contribution in [2.45, 2.75) is 37.8 Å². The fourth-order valence-electron chi connectivity index (χ4n) is 4.21. The van der Waals surface area contributed by atoms with Gasteiger partial charge in [0.2, 0.25) is 0 Å². The highest BCUT2D eigenvalue weighted by atomic mass is 35.5. The van der Waals surface area contributed by atoms with Crippen molar-refractivity contribution in [3.63, 3.8) is 0 Å². The van der Waals surface area contributed by atoms with Crippen LogP contribution in [0.15, 0.2) is 55.0 Å². The minimum Gasteiger partial charge on any atom is -0.351 e. The van der Waals surface area contributed by atoms with Crippen LogP contribution in [0.1, 0.15) is 46.0 Å². The van der Waals surface area contributed by atoms with Gasteiger partial charge in [-0.3, -0.25) is 14.6 Å². The van der Waals surface area contributed by atoms with Gasteiger partial charge in [-0.05, 0) is 54.8 Å². The van der Waals surface area contributed by atoms with Gasteiger partial charge < -0.3 is 15.6 Å². The van der Waals surface area contributed by atoms with Crippen molar-refractivity contribution in [3.05, 3.63) is 70.7 Å². The monoisotopic (exact) mass is 515 g/mol. The lowest BCUT2D eigenvalue weighted by atomic mass is 9.90. The number of aromatic amines is 1. The van der Waals surface area contributed by atoms with Crippen LogP contribution in [-0.2, 0) is 0 Å². The molecule has 10 heteroatoms. The second-order valence-corrected chi connectivity index (χ2v) is 9.59. The summed E-state index contributed by atoms with van der Waals surface area (Å²) in [5.74, 6) is -0.408. The summed E-state index contributed by atoms with van der Waals surface area (Å²) in [5.41, 5.74) is 2.31. The van der Waals surface area contributed by atoms with Gasteiger partial charge in [-0.25, -0.2) is 4.98 Å². The Morgan fingerprint density at radius 1 is 1.00 bits per heavy atom. The molecule has 3 heterocycles. The summed E-state index contributed by atoms with van der Waals surface area (Å²) in [6, 6.07) is 10.7. The van der Waals surface area contributed by atoms with Crippen LogP contribution in [0.25, 0.3) is 21.3 Å². The molecule has 0 spiro atoms. The highest BCUT2D eigenvalue weighted by Gasteiger charge is 2.29. The van der Waals surface area contributed by atoms with E-state index in [9.17, 15) is 9.59 Å². The fourth-order valence-corrected chi connectivity index (χ4v) is 5.21. The zero-order valence-corrected chi connectivity index (χ0v) is 20.5. The number of pyridine rings is 1. The third-order valence-corrected chi connectivity index (χ3v) is 7.17. The number of amides is 2. The molecule has 2 atom stereocenters. The van der Waals surface area contributed by atoms with Gasteiger partial charge in [0.15, 0.2) is 5.01 Å². The first-order valence-electron chi connectivity index (χ1n) is 10.8. The summed E-state index contributed by atoms with van der Waals surface area (Å²) in [6.07, 6.45) is 8.75. The molecule has 1 aromatic carbocycles. The molecule has 0 saturated heterocycles. The number of nitrogens with zero attached hydrogens (tertiary/aromatic N) is 2. The fraction of sp³-hybridized carbons (Fsp3) is 0.250. The van der Waals surface area contributed by atoms with Gasteiger partial charge in [-0.2, -0.15) is 0 Å². The minimum atomic E-state index is -0.216. The van der Waals surface area contributed by atoms with E-state index in [2.05, 4.69) is 25.6 Å². The van der Waals surface area contributed by atoms with Gasteiger partial charge in [0.25, 0.3) is 11.8 Å². The summed E-state index contributed by atoms with van der Waals surface area (Å²) < 4.78 is 0. The summed E-state index contributed by atoms with van der Waals surface area (Å²) in [5, 5.41) is 8.12. The lowest BCUT2D eigenvalue weighted by Crippen LogP contribution is -2.53. The second kappa shape index (κ2) is 10.5. The van der Waals surface area contributed by atoms with Crippen LogP contribution >= 0.6 is 35.3 Å². The van der Waals surface area contributed by atoms with E-state index in [4.69, 9.17) is 11.6 Å². The Balaban J connectivity index is 0.00000274. The van der Waals surface area contributed by atoms with Gasteiger partial charge in [0, 0.05) is 46.6 Å². The number of hydrogen-bond donors (Lipinski definition) is 3. The SMILES string of the molecule is Cl.O=C(N[C@H]1CCCC[C@@H]1NC(=O)c1ncc(-c2ccncc2)s1)c1cc2cc(Cl)ccc2[nH]1. The lowest BCUT2D eigenvalue weighted by Gasteiger charge is -2.32. The number of hydrogen-bond acceptors (Lipinski definition) is 5. The van der Waals surface area contributed by atoms with Crippen LogP contribution in [0.4, 0.5) is 0 Å². The maximum Gasteiger partial charge on any atom is 0.280 e. The van der Waals surface area contributed by atoms with Crippen LogP contribution in [0.3, 0.4) is 0 Å². The smallest absolute Gasteiger partial charge is 0.280 e. The van der Waals surface area contributed by atoms with E-state index >= 15 is 0 Å². The molecule has 7 nitrogen and oxygen atoms in total. The average molecular weight is 516 g/mol. The maximum atomic E-state index is 12.9. The van der Waals surface area contributed by atoms with E-state index in [-0.39, 0.29) is 36.3 Å². The average Bonchev–Trinajstić information content (AvgIpc) is 3.48. The molecule has 0 unspecified atom stereocenters. The summed E-state index contributed by atoms with van der Waals surface area (Å²) >= 11 is 7.40. The Labute approximate surface area is 211 Å². The molecule has 0 radical (unpaired) electrons. The Bertz CT molecular complexity index is 1310. The number of benzene rings is 1. The highest BCUT2D eigenvalue weighted by Crippen LogP contribution is 2.26. The number of halogens is 2.